The van der Waals surface area contributed by atoms with Crippen molar-refractivity contribution in [2.75, 3.05) is 31.2 Å². The molecule has 1 saturated heterocycles. The number of hydrogen-bond acceptors (Lipinski definition) is 5. The number of nitro groups is 1. The van der Waals surface area contributed by atoms with Crippen LogP contribution >= 0.6 is 0 Å². The fourth-order valence-electron chi connectivity index (χ4n) is 2.66. The van der Waals surface area contributed by atoms with Crippen LogP contribution in [0.4, 0.5) is 11.4 Å². The van der Waals surface area contributed by atoms with Crippen molar-refractivity contribution >= 4 is 23.2 Å². The molecule has 3 rings (SSSR count). The minimum Gasteiger partial charge on any atom is -0.378 e. The number of nitrogens with zero attached hydrogens (tertiary/aromatic N) is 2. The fourth-order valence-corrected chi connectivity index (χ4v) is 2.66. The van der Waals surface area contributed by atoms with Gasteiger partial charge < -0.3 is 9.64 Å². The summed E-state index contributed by atoms with van der Waals surface area (Å²) in [5.41, 5.74) is 2.24. The Morgan fingerprint density at radius 3 is 2.52 bits per heavy atom. The number of carbonyl (C=O) groups is 1. The van der Waals surface area contributed by atoms with Crippen LogP contribution in [0.3, 0.4) is 0 Å². The van der Waals surface area contributed by atoms with Gasteiger partial charge in [0.1, 0.15) is 0 Å². The van der Waals surface area contributed by atoms with E-state index < -0.39 is 4.92 Å². The molecule has 6 heteroatoms. The van der Waals surface area contributed by atoms with Gasteiger partial charge in [-0.15, -0.1) is 0 Å². The molecule has 0 radical (unpaired) electrons. The number of non-ortho nitro benzene ring substituents is 1. The van der Waals surface area contributed by atoms with Crippen LogP contribution < -0.4 is 4.90 Å². The average molecular weight is 338 g/mol. The summed E-state index contributed by atoms with van der Waals surface area (Å²) in [4.78, 5) is 24.7. The van der Waals surface area contributed by atoms with Gasteiger partial charge >= 0.3 is 0 Å². The first-order valence-corrected chi connectivity index (χ1v) is 8.03. The molecule has 1 aliphatic rings. The molecule has 1 aliphatic heterocycles. The maximum atomic E-state index is 12.2. The van der Waals surface area contributed by atoms with Crippen LogP contribution in [0.2, 0.25) is 0 Å². The van der Waals surface area contributed by atoms with Gasteiger partial charge in [0, 0.05) is 36.5 Å². The molecule has 0 saturated carbocycles. The largest absolute Gasteiger partial charge is 0.378 e. The average Bonchev–Trinajstić information content (AvgIpc) is 2.67. The van der Waals surface area contributed by atoms with E-state index in [2.05, 4.69) is 4.90 Å². The normalized spacial score (nSPS) is 14.6. The molecule has 0 bridgehead atoms. The molecular weight excluding hydrogens is 320 g/mol. The quantitative estimate of drug-likeness (QED) is 0.362. The van der Waals surface area contributed by atoms with Gasteiger partial charge in [-0.2, -0.15) is 0 Å². The number of anilines is 1. The first kappa shape index (κ1) is 16.9. The number of benzene rings is 2. The van der Waals surface area contributed by atoms with Gasteiger partial charge in [0.2, 0.25) is 0 Å². The summed E-state index contributed by atoms with van der Waals surface area (Å²) in [7, 11) is 0. The Bertz CT molecular complexity index is 793. The van der Waals surface area contributed by atoms with E-state index in [1.54, 1.807) is 12.1 Å². The van der Waals surface area contributed by atoms with Crippen molar-refractivity contribution in [3.63, 3.8) is 0 Å². The predicted octanol–water partition coefficient (Wildman–Crippen LogP) is 3.33. The maximum Gasteiger partial charge on any atom is 0.270 e. The Hall–Kier alpha value is -2.99. The fraction of sp³-hybridized carbons (Fsp3) is 0.211. The van der Waals surface area contributed by atoms with Crippen molar-refractivity contribution in [2.24, 2.45) is 0 Å². The van der Waals surface area contributed by atoms with Crippen molar-refractivity contribution in [2.45, 2.75) is 0 Å². The van der Waals surface area contributed by atoms with E-state index in [0.717, 1.165) is 37.6 Å². The van der Waals surface area contributed by atoms with E-state index in [4.69, 9.17) is 4.74 Å². The molecule has 1 fully saturated rings. The molecule has 2 aromatic rings. The molecular formula is C19H18N2O4. The molecule has 0 N–H and O–H groups in total. The number of nitro benzene ring substituents is 1. The van der Waals surface area contributed by atoms with Crippen molar-refractivity contribution in [1.29, 1.82) is 0 Å². The van der Waals surface area contributed by atoms with Crippen molar-refractivity contribution in [3.8, 4) is 0 Å². The molecule has 0 aliphatic carbocycles. The Balaban J connectivity index is 1.68. The second-order valence-electron chi connectivity index (χ2n) is 5.70. The summed E-state index contributed by atoms with van der Waals surface area (Å²) < 4.78 is 5.34. The van der Waals surface area contributed by atoms with Gasteiger partial charge in [0.25, 0.3) is 5.69 Å². The molecule has 0 spiro atoms. The number of ether oxygens (including phenoxy) is 1. The lowest BCUT2D eigenvalue weighted by atomic mass is 10.1. The molecule has 0 aromatic heterocycles. The van der Waals surface area contributed by atoms with Crippen LogP contribution in [-0.4, -0.2) is 37.0 Å². The van der Waals surface area contributed by atoms with Gasteiger partial charge in [-0.25, -0.2) is 0 Å². The molecule has 1 heterocycles. The molecule has 6 nitrogen and oxygen atoms in total. The predicted molar refractivity (Wildman–Crippen MR) is 95.9 cm³/mol. The van der Waals surface area contributed by atoms with E-state index in [1.807, 2.05) is 24.3 Å². The summed E-state index contributed by atoms with van der Waals surface area (Å²) in [5.74, 6) is -0.263. The van der Waals surface area contributed by atoms with Gasteiger partial charge in [-0.1, -0.05) is 30.3 Å². The molecule has 25 heavy (non-hydrogen) atoms. The lowest BCUT2D eigenvalue weighted by molar-refractivity contribution is -0.384. The van der Waals surface area contributed by atoms with Crippen molar-refractivity contribution < 1.29 is 14.5 Å². The molecule has 2 aromatic carbocycles. The lowest BCUT2D eigenvalue weighted by Gasteiger charge is -2.28. The van der Waals surface area contributed by atoms with E-state index in [0.29, 0.717) is 5.56 Å². The zero-order chi connectivity index (χ0) is 17.6. The van der Waals surface area contributed by atoms with Crippen LogP contribution in [0.5, 0.6) is 0 Å². The highest BCUT2D eigenvalue weighted by Gasteiger charge is 2.11. The SMILES string of the molecule is O=C(/C=C/c1ccc(N2CCOCC2)cc1)c1cccc([N+](=O)[O-])c1. The summed E-state index contributed by atoms with van der Waals surface area (Å²) in [6, 6.07) is 13.7. The number of allylic oxidation sites excluding steroid dienone is 1. The molecule has 0 unspecified atom stereocenters. The summed E-state index contributed by atoms with van der Waals surface area (Å²) in [5, 5.41) is 10.8. The summed E-state index contributed by atoms with van der Waals surface area (Å²) in [6.07, 6.45) is 3.15. The highest BCUT2D eigenvalue weighted by Crippen LogP contribution is 2.18. The van der Waals surface area contributed by atoms with Crippen LogP contribution in [0, 0.1) is 10.1 Å². The maximum absolute atomic E-state index is 12.2. The van der Waals surface area contributed by atoms with Crippen molar-refractivity contribution in [3.05, 3.63) is 75.8 Å². The standard InChI is InChI=1S/C19H18N2O4/c22-19(16-2-1-3-18(14-16)21(23)24)9-6-15-4-7-17(8-5-15)20-10-12-25-13-11-20/h1-9,14H,10-13H2/b9-6+. The zero-order valence-electron chi connectivity index (χ0n) is 13.6. The molecule has 128 valence electrons. The summed E-state index contributed by atoms with van der Waals surface area (Å²) in [6.45, 7) is 3.22. The van der Waals surface area contributed by atoms with Gasteiger partial charge in [-0.05, 0) is 23.8 Å². The molecule has 0 amide bonds. The third kappa shape index (κ3) is 4.30. The molecule has 0 atom stereocenters. The summed E-state index contributed by atoms with van der Waals surface area (Å²) >= 11 is 0. The van der Waals surface area contributed by atoms with E-state index in [1.165, 1.54) is 24.3 Å². The Kier molecular flexibility index (Phi) is 5.20. The Morgan fingerprint density at radius 2 is 1.84 bits per heavy atom. The monoisotopic (exact) mass is 338 g/mol. The number of hydrogen-bond donors (Lipinski definition) is 0. The van der Waals surface area contributed by atoms with Crippen LogP contribution in [0.15, 0.2) is 54.6 Å². The van der Waals surface area contributed by atoms with Crippen LogP contribution in [0.1, 0.15) is 15.9 Å². The van der Waals surface area contributed by atoms with Gasteiger partial charge in [-0.3, -0.25) is 14.9 Å². The minimum atomic E-state index is -0.509. The highest BCUT2D eigenvalue weighted by molar-refractivity contribution is 6.07. The minimum absolute atomic E-state index is 0.0888. The topological polar surface area (TPSA) is 72.7 Å². The smallest absolute Gasteiger partial charge is 0.270 e. The number of morpholine rings is 1. The second kappa shape index (κ2) is 7.72. The second-order valence-corrected chi connectivity index (χ2v) is 5.70. The Morgan fingerprint density at radius 1 is 1.12 bits per heavy atom. The lowest BCUT2D eigenvalue weighted by Crippen LogP contribution is -2.36. The first-order valence-electron chi connectivity index (χ1n) is 8.03. The van der Waals surface area contributed by atoms with Crippen LogP contribution in [0.25, 0.3) is 6.08 Å². The number of carbonyl (C=O) groups excluding carboxylic acids is 1. The number of rotatable bonds is 5. The van der Waals surface area contributed by atoms with Crippen LogP contribution in [-0.2, 0) is 4.74 Å². The zero-order valence-corrected chi connectivity index (χ0v) is 13.6. The number of ketones is 1. The third-order valence-corrected chi connectivity index (χ3v) is 4.04. The van der Waals surface area contributed by atoms with Gasteiger partial charge in [0.15, 0.2) is 5.78 Å². The van der Waals surface area contributed by atoms with Crippen molar-refractivity contribution in [1.82, 2.24) is 0 Å². The van der Waals surface area contributed by atoms with E-state index >= 15 is 0 Å². The van der Waals surface area contributed by atoms with Gasteiger partial charge in [0.05, 0.1) is 18.1 Å². The van der Waals surface area contributed by atoms with E-state index in [9.17, 15) is 14.9 Å². The Labute approximate surface area is 145 Å². The highest BCUT2D eigenvalue weighted by atomic mass is 16.6. The third-order valence-electron chi connectivity index (χ3n) is 4.04. The first-order chi connectivity index (χ1) is 12.1. The van der Waals surface area contributed by atoms with E-state index in [-0.39, 0.29) is 11.5 Å².